The van der Waals surface area contributed by atoms with Gasteiger partial charge in [0.25, 0.3) is 0 Å². The van der Waals surface area contributed by atoms with Gasteiger partial charge in [0, 0.05) is 5.56 Å². The molecular formula is C16H14O. The summed E-state index contributed by atoms with van der Waals surface area (Å²) in [6.07, 6.45) is 2.21. The third-order valence-electron chi connectivity index (χ3n) is 3.10. The predicted molar refractivity (Wildman–Crippen MR) is 69.9 cm³/mol. The van der Waals surface area contributed by atoms with E-state index in [-0.39, 0.29) is 6.10 Å². The Bertz CT molecular complexity index is 555. The summed E-state index contributed by atoms with van der Waals surface area (Å²) in [6, 6.07) is 18.5. The van der Waals surface area contributed by atoms with Crippen molar-refractivity contribution in [2.75, 3.05) is 0 Å². The second-order valence-electron chi connectivity index (χ2n) is 4.29. The van der Waals surface area contributed by atoms with Crippen LogP contribution in [-0.4, -0.2) is 0 Å². The Hall–Kier alpha value is -2.02. The molecule has 0 fully saturated rings. The molecule has 0 aliphatic carbocycles. The number of rotatable bonds is 1. The van der Waals surface area contributed by atoms with Crippen LogP contribution in [0.1, 0.15) is 24.2 Å². The van der Waals surface area contributed by atoms with Crippen LogP contribution < -0.4 is 4.74 Å². The fourth-order valence-electron chi connectivity index (χ4n) is 2.19. The first-order valence-electron chi connectivity index (χ1n) is 5.84. The number of fused-ring (bicyclic) bond motifs is 1. The maximum atomic E-state index is 6.01. The van der Waals surface area contributed by atoms with Gasteiger partial charge in [-0.25, -0.2) is 0 Å². The van der Waals surface area contributed by atoms with Crippen LogP contribution in [0.3, 0.4) is 0 Å². The first-order chi connectivity index (χ1) is 8.34. The van der Waals surface area contributed by atoms with Crippen molar-refractivity contribution in [1.82, 2.24) is 0 Å². The van der Waals surface area contributed by atoms with Gasteiger partial charge in [-0.2, -0.15) is 0 Å². The fraction of sp³-hybridized carbons (Fsp3) is 0.125. The predicted octanol–water partition coefficient (Wildman–Crippen LogP) is 4.22. The number of para-hydroxylation sites is 1. The van der Waals surface area contributed by atoms with Crippen molar-refractivity contribution in [1.29, 1.82) is 0 Å². The molecule has 3 rings (SSSR count). The minimum Gasteiger partial charge on any atom is -0.481 e. The Balaban J connectivity index is 2.02. The molecule has 1 nitrogen and oxygen atoms in total. The van der Waals surface area contributed by atoms with Crippen LogP contribution in [0.2, 0.25) is 0 Å². The third-order valence-corrected chi connectivity index (χ3v) is 3.10. The van der Waals surface area contributed by atoms with Gasteiger partial charge < -0.3 is 4.74 Å². The number of ether oxygens (including phenoxy) is 1. The summed E-state index contributed by atoms with van der Waals surface area (Å²) in [4.78, 5) is 0. The van der Waals surface area contributed by atoms with E-state index < -0.39 is 0 Å². The van der Waals surface area contributed by atoms with E-state index in [4.69, 9.17) is 4.74 Å². The lowest BCUT2D eigenvalue weighted by atomic mass is 9.98. The average Bonchev–Trinajstić information content (AvgIpc) is 2.40. The van der Waals surface area contributed by atoms with Crippen LogP contribution in [0, 0.1) is 0 Å². The second-order valence-corrected chi connectivity index (χ2v) is 4.29. The summed E-state index contributed by atoms with van der Waals surface area (Å²) in [5, 5.41) is 0. The maximum absolute atomic E-state index is 6.01. The summed E-state index contributed by atoms with van der Waals surface area (Å²) in [7, 11) is 0. The third kappa shape index (κ3) is 1.84. The topological polar surface area (TPSA) is 9.23 Å². The highest BCUT2D eigenvalue weighted by Crippen LogP contribution is 2.36. The lowest BCUT2D eigenvalue weighted by molar-refractivity contribution is 0.250. The maximum Gasteiger partial charge on any atom is 0.143 e. The Morgan fingerprint density at radius 3 is 2.41 bits per heavy atom. The average molecular weight is 222 g/mol. The van der Waals surface area contributed by atoms with Gasteiger partial charge in [0.15, 0.2) is 0 Å². The molecule has 2 aromatic rings. The highest BCUT2D eigenvalue weighted by Gasteiger charge is 2.18. The number of hydrogen-bond donors (Lipinski definition) is 0. The smallest absolute Gasteiger partial charge is 0.143 e. The van der Waals surface area contributed by atoms with Crippen molar-refractivity contribution in [2.45, 2.75) is 13.0 Å². The van der Waals surface area contributed by atoms with E-state index in [9.17, 15) is 0 Å². The Morgan fingerprint density at radius 2 is 1.59 bits per heavy atom. The number of allylic oxidation sites excluding steroid dienone is 1. The van der Waals surface area contributed by atoms with Crippen LogP contribution in [-0.2, 0) is 0 Å². The molecule has 0 unspecified atom stereocenters. The van der Waals surface area contributed by atoms with Crippen LogP contribution >= 0.6 is 0 Å². The van der Waals surface area contributed by atoms with Crippen molar-refractivity contribution in [3.63, 3.8) is 0 Å². The second kappa shape index (κ2) is 4.10. The zero-order chi connectivity index (χ0) is 11.7. The number of hydrogen-bond acceptors (Lipinski definition) is 1. The van der Waals surface area contributed by atoms with Crippen LogP contribution in [0.5, 0.6) is 5.75 Å². The molecule has 0 radical (unpaired) electrons. The zero-order valence-corrected chi connectivity index (χ0v) is 9.76. The molecule has 17 heavy (non-hydrogen) atoms. The molecular weight excluding hydrogens is 208 g/mol. The monoisotopic (exact) mass is 222 g/mol. The molecule has 0 saturated heterocycles. The van der Waals surface area contributed by atoms with Gasteiger partial charge in [-0.05, 0) is 30.2 Å². The minimum atomic E-state index is 0.0334. The Labute approximate surface area is 101 Å². The fourth-order valence-corrected chi connectivity index (χ4v) is 2.19. The van der Waals surface area contributed by atoms with Gasteiger partial charge in [-0.1, -0.05) is 48.5 Å². The summed E-state index contributed by atoms with van der Waals surface area (Å²) < 4.78 is 6.01. The van der Waals surface area contributed by atoms with E-state index in [1.807, 2.05) is 36.4 Å². The van der Waals surface area contributed by atoms with E-state index in [1.54, 1.807) is 0 Å². The summed E-state index contributed by atoms with van der Waals surface area (Å²) >= 11 is 0. The van der Waals surface area contributed by atoms with Gasteiger partial charge >= 0.3 is 0 Å². The number of benzene rings is 2. The molecule has 0 saturated carbocycles. The molecule has 0 spiro atoms. The van der Waals surface area contributed by atoms with Crippen molar-refractivity contribution >= 4 is 5.57 Å². The van der Waals surface area contributed by atoms with Crippen LogP contribution in [0.25, 0.3) is 5.57 Å². The van der Waals surface area contributed by atoms with Crippen molar-refractivity contribution in [3.8, 4) is 5.75 Å². The van der Waals surface area contributed by atoms with Gasteiger partial charge in [-0.3, -0.25) is 0 Å². The summed E-state index contributed by atoms with van der Waals surface area (Å²) in [6.45, 7) is 2.14. The molecule has 1 atom stereocenters. The quantitative estimate of drug-likeness (QED) is 0.701. The van der Waals surface area contributed by atoms with Crippen LogP contribution in [0.4, 0.5) is 0 Å². The van der Waals surface area contributed by atoms with Gasteiger partial charge in [0.05, 0.1) is 0 Å². The van der Waals surface area contributed by atoms with E-state index in [2.05, 4.69) is 31.2 Å². The molecule has 0 bridgehead atoms. The molecule has 2 aromatic carbocycles. The summed E-state index contributed by atoms with van der Waals surface area (Å²) in [5.74, 6) is 0.973. The molecule has 84 valence electrons. The van der Waals surface area contributed by atoms with Gasteiger partial charge in [0.1, 0.15) is 11.9 Å². The van der Waals surface area contributed by atoms with E-state index in [0.29, 0.717) is 0 Å². The molecule has 0 amide bonds. The van der Waals surface area contributed by atoms with Gasteiger partial charge in [0.2, 0.25) is 0 Å². The molecule has 1 aliphatic heterocycles. The Kier molecular flexibility index (Phi) is 2.45. The minimum absolute atomic E-state index is 0.0334. The highest BCUT2D eigenvalue weighted by atomic mass is 16.5. The molecule has 1 heterocycles. The first-order valence-corrected chi connectivity index (χ1v) is 5.84. The SMILES string of the molecule is CC1=C[C@@H](c2ccccc2)Oc2ccccc21. The van der Waals surface area contributed by atoms with Crippen molar-refractivity contribution in [2.24, 2.45) is 0 Å². The summed E-state index contributed by atoms with van der Waals surface area (Å²) in [5.41, 5.74) is 3.67. The first kappa shape index (κ1) is 10.2. The normalized spacial score (nSPS) is 17.9. The van der Waals surface area contributed by atoms with Crippen molar-refractivity contribution in [3.05, 3.63) is 71.8 Å². The molecule has 1 aliphatic rings. The van der Waals surface area contributed by atoms with Crippen molar-refractivity contribution < 1.29 is 4.74 Å². The highest BCUT2D eigenvalue weighted by molar-refractivity contribution is 5.71. The van der Waals surface area contributed by atoms with E-state index >= 15 is 0 Å². The molecule has 0 aromatic heterocycles. The molecule has 1 heteroatoms. The lowest BCUT2D eigenvalue weighted by Gasteiger charge is -2.24. The lowest BCUT2D eigenvalue weighted by Crippen LogP contribution is -2.10. The molecule has 0 N–H and O–H groups in total. The van der Waals surface area contributed by atoms with Gasteiger partial charge in [-0.15, -0.1) is 0 Å². The Morgan fingerprint density at radius 1 is 0.882 bits per heavy atom. The van der Waals surface area contributed by atoms with Crippen LogP contribution in [0.15, 0.2) is 60.7 Å². The standard InChI is InChI=1S/C16H14O/c1-12-11-16(13-7-3-2-4-8-13)17-15-10-6-5-9-14(12)15/h2-11,16H,1H3/t16-/m0/s1. The van der Waals surface area contributed by atoms with E-state index in [1.165, 1.54) is 16.7 Å². The van der Waals surface area contributed by atoms with E-state index in [0.717, 1.165) is 5.75 Å². The zero-order valence-electron chi connectivity index (χ0n) is 9.76. The largest absolute Gasteiger partial charge is 0.481 e.